The number of anilines is 1. The summed E-state index contributed by atoms with van der Waals surface area (Å²) >= 11 is 6.19. The lowest BCUT2D eigenvalue weighted by molar-refractivity contribution is 0.194. The molecule has 1 N–H and O–H groups in total. The van der Waals surface area contributed by atoms with Gasteiger partial charge in [0.05, 0.1) is 25.5 Å². The molecule has 1 fully saturated rings. The molecule has 3 rings (SSSR count). The molecule has 1 aliphatic heterocycles. The summed E-state index contributed by atoms with van der Waals surface area (Å²) in [5, 5.41) is 10.4. The van der Waals surface area contributed by atoms with Crippen LogP contribution in [0.5, 0.6) is 6.01 Å². The molecule has 2 atom stereocenters. The Balaban J connectivity index is 2.01. The smallest absolute Gasteiger partial charge is 0.318 e. The summed E-state index contributed by atoms with van der Waals surface area (Å²) in [4.78, 5) is 10.1. The van der Waals surface area contributed by atoms with Crippen molar-refractivity contribution in [1.82, 2.24) is 9.97 Å². The molecule has 7 heteroatoms. The van der Waals surface area contributed by atoms with Crippen molar-refractivity contribution < 1.29 is 14.2 Å². The molecule has 0 radical (unpaired) electrons. The Kier molecular flexibility index (Phi) is 4.13. The zero-order chi connectivity index (χ0) is 15.7. The van der Waals surface area contributed by atoms with Gasteiger partial charge in [-0.25, -0.2) is 9.37 Å². The highest BCUT2D eigenvalue weighted by Crippen LogP contribution is 2.38. The summed E-state index contributed by atoms with van der Waals surface area (Å²) in [6, 6.07) is 6.31. The minimum absolute atomic E-state index is 0.193. The van der Waals surface area contributed by atoms with Gasteiger partial charge in [-0.1, -0.05) is 23.7 Å². The number of hydrogen-bond acceptors (Lipinski definition) is 5. The number of nitrogens with zero attached hydrogens (tertiary/aromatic N) is 3. The summed E-state index contributed by atoms with van der Waals surface area (Å²) < 4.78 is 18.5. The van der Waals surface area contributed by atoms with Crippen LogP contribution in [0.3, 0.4) is 0 Å². The van der Waals surface area contributed by atoms with E-state index in [1.165, 1.54) is 25.4 Å². The van der Waals surface area contributed by atoms with Crippen LogP contribution in [0.1, 0.15) is 18.0 Å². The second kappa shape index (κ2) is 6.06. The Morgan fingerprint density at radius 2 is 2.27 bits per heavy atom. The molecule has 0 spiro atoms. The number of aliphatic hydroxyl groups excluding tert-OH is 1. The topological polar surface area (TPSA) is 58.5 Å². The van der Waals surface area contributed by atoms with Crippen molar-refractivity contribution in [2.24, 2.45) is 0 Å². The highest BCUT2D eigenvalue weighted by molar-refractivity contribution is 6.32. The van der Waals surface area contributed by atoms with Crippen LogP contribution in [0, 0.1) is 5.82 Å². The van der Waals surface area contributed by atoms with Gasteiger partial charge in [-0.05, 0) is 24.1 Å². The first-order chi connectivity index (χ1) is 10.6. The maximum absolute atomic E-state index is 13.5. The van der Waals surface area contributed by atoms with Crippen LogP contribution < -0.4 is 9.64 Å². The Morgan fingerprint density at radius 1 is 1.45 bits per heavy atom. The van der Waals surface area contributed by atoms with Crippen molar-refractivity contribution in [2.45, 2.75) is 18.6 Å². The lowest BCUT2D eigenvalue weighted by Gasteiger charge is -2.26. The maximum atomic E-state index is 13.5. The molecule has 1 saturated heterocycles. The van der Waals surface area contributed by atoms with Gasteiger partial charge < -0.3 is 14.7 Å². The monoisotopic (exact) mass is 323 g/mol. The number of rotatable bonds is 3. The van der Waals surface area contributed by atoms with Gasteiger partial charge in [0.1, 0.15) is 10.8 Å². The minimum Gasteiger partial charge on any atom is -0.467 e. The Bertz CT molecular complexity index is 686. The number of aromatic nitrogens is 2. The minimum atomic E-state index is -0.537. The summed E-state index contributed by atoms with van der Waals surface area (Å²) in [5.74, 6) is 0.157. The second-order valence-corrected chi connectivity index (χ2v) is 5.55. The molecule has 5 nitrogen and oxygen atoms in total. The van der Waals surface area contributed by atoms with Gasteiger partial charge in [0.15, 0.2) is 5.82 Å². The lowest BCUT2D eigenvalue weighted by Crippen LogP contribution is -2.25. The molecule has 0 bridgehead atoms. The highest BCUT2D eigenvalue weighted by Gasteiger charge is 2.34. The summed E-state index contributed by atoms with van der Waals surface area (Å²) in [6.07, 6.45) is 1.40. The van der Waals surface area contributed by atoms with E-state index in [2.05, 4.69) is 9.97 Å². The molecule has 116 valence electrons. The number of ether oxygens (including phenoxy) is 1. The molecule has 2 aromatic rings. The molecule has 0 saturated carbocycles. The van der Waals surface area contributed by atoms with Crippen molar-refractivity contribution in [3.8, 4) is 6.01 Å². The summed E-state index contributed by atoms with van der Waals surface area (Å²) in [5.41, 5.74) is 0.769. The van der Waals surface area contributed by atoms with E-state index in [4.69, 9.17) is 16.3 Å². The zero-order valence-corrected chi connectivity index (χ0v) is 12.7. The first-order valence-electron chi connectivity index (χ1n) is 6.85. The van der Waals surface area contributed by atoms with Gasteiger partial charge in [-0.2, -0.15) is 4.98 Å². The molecule has 22 heavy (non-hydrogen) atoms. The Hall–Kier alpha value is -1.92. The summed E-state index contributed by atoms with van der Waals surface area (Å²) in [7, 11) is 1.47. The van der Waals surface area contributed by atoms with Crippen LogP contribution in [0.2, 0.25) is 5.02 Å². The van der Waals surface area contributed by atoms with Crippen LogP contribution in [0.15, 0.2) is 30.5 Å². The van der Waals surface area contributed by atoms with Gasteiger partial charge in [-0.3, -0.25) is 0 Å². The van der Waals surface area contributed by atoms with Gasteiger partial charge >= 0.3 is 6.01 Å². The van der Waals surface area contributed by atoms with E-state index in [9.17, 15) is 9.50 Å². The number of aliphatic hydroxyl groups is 1. The van der Waals surface area contributed by atoms with E-state index in [0.717, 1.165) is 5.56 Å². The molecule has 0 aliphatic carbocycles. The van der Waals surface area contributed by atoms with Crippen LogP contribution >= 0.6 is 11.6 Å². The molecule has 0 unspecified atom stereocenters. The van der Waals surface area contributed by atoms with Crippen molar-refractivity contribution >= 4 is 17.4 Å². The average molecular weight is 324 g/mol. The molecule has 1 aromatic carbocycles. The summed E-state index contributed by atoms with van der Waals surface area (Å²) in [6.45, 7) is 0.362. The van der Waals surface area contributed by atoms with E-state index in [1.807, 2.05) is 11.0 Å². The predicted octanol–water partition coefficient (Wildman–Crippen LogP) is 2.59. The average Bonchev–Trinajstić information content (AvgIpc) is 2.89. The predicted molar refractivity (Wildman–Crippen MR) is 80.7 cm³/mol. The first-order valence-corrected chi connectivity index (χ1v) is 7.23. The number of halogens is 2. The third-order valence-corrected chi connectivity index (χ3v) is 3.94. The first kappa shape index (κ1) is 15.0. The van der Waals surface area contributed by atoms with E-state index < -0.39 is 6.10 Å². The van der Waals surface area contributed by atoms with Crippen LogP contribution in [-0.4, -0.2) is 34.8 Å². The highest BCUT2D eigenvalue weighted by atomic mass is 35.5. The molecule has 1 aromatic heterocycles. The van der Waals surface area contributed by atoms with Gasteiger partial charge in [0.2, 0.25) is 0 Å². The molecule has 0 amide bonds. The van der Waals surface area contributed by atoms with Gasteiger partial charge in [0, 0.05) is 6.54 Å². The quantitative estimate of drug-likeness (QED) is 0.941. The van der Waals surface area contributed by atoms with Crippen molar-refractivity contribution in [2.75, 3.05) is 18.6 Å². The zero-order valence-electron chi connectivity index (χ0n) is 11.9. The normalized spacial score (nSPS) is 21.2. The lowest BCUT2D eigenvalue weighted by atomic mass is 10.0. The van der Waals surface area contributed by atoms with E-state index in [0.29, 0.717) is 23.8 Å². The molecular formula is C15H15ClFN3O2. The molecular weight excluding hydrogens is 309 g/mol. The van der Waals surface area contributed by atoms with Crippen LogP contribution in [0.25, 0.3) is 0 Å². The van der Waals surface area contributed by atoms with Crippen molar-refractivity contribution in [3.63, 3.8) is 0 Å². The van der Waals surface area contributed by atoms with Crippen LogP contribution in [0.4, 0.5) is 10.2 Å². The number of hydrogen-bond donors (Lipinski definition) is 1. The fourth-order valence-corrected chi connectivity index (χ4v) is 2.92. The standard InChI is InChI=1S/C15H15ClFN3O2/c1-22-15-18-7-12(16)14(19-15)20-8-11(21)6-13(20)9-3-2-4-10(17)5-9/h2-5,7,11,13,21H,6,8H2,1H3/t11-,13-/m1/s1. The Labute approximate surface area is 132 Å². The van der Waals surface area contributed by atoms with Crippen molar-refractivity contribution in [1.29, 1.82) is 0 Å². The number of methoxy groups -OCH3 is 1. The molecule has 1 aliphatic rings. The van der Waals surface area contributed by atoms with Crippen molar-refractivity contribution in [3.05, 3.63) is 46.9 Å². The third kappa shape index (κ3) is 2.84. The fraction of sp³-hybridized carbons (Fsp3) is 0.333. The SMILES string of the molecule is COc1ncc(Cl)c(N2C[C@H](O)C[C@@H]2c2cccc(F)c2)n1. The fourth-order valence-electron chi connectivity index (χ4n) is 2.72. The second-order valence-electron chi connectivity index (χ2n) is 5.14. The largest absolute Gasteiger partial charge is 0.467 e. The van der Waals surface area contributed by atoms with E-state index in [-0.39, 0.29) is 17.9 Å². The van der Waals surface area contributed by atoms with E-state index in [1.54, 1.807) is 6.07 Å². The third-order valence-electron chi connectivity index (χ3n) is 3.67. The van der Waals surface area contributed by atoms with E-state index >= 15 is 0 Å². The maximum Gasteiger partial charge on any atom is 0.318 e. The van der Waals surface area contributed by atoms with Crippen LogP contribution in [-0.2, 0) is 0 Å². The Morgan fingerprint density at radius 3 is 3.00 bits per heavy atom. The number of benzene rings is 1. The van der Waals surface area contributed by atoms with Gasteiger partial charge in [-0.15, -0.1) is 0 Å². The van der Waals surface area contributed by atoms with Gasteiger partial charge in [0.25, 0.3) is 0 Å². The molecule has 2 heterocycles. The number of β-amino-alcohol motifs (C(OH)–C–C–N with tert-alkyl or cyclic N) is 1.